The Morgan fingerprint density at radius 3 is 2.59 bits per heavy atom. The van der Waals surface area contributed by atoms with Gasteiger partial charge in [0.05, 0.1) is 10.5 Å². The molecule has 0 radical (unpaired) electrons. The number of benzene rings is 2. The summed E-state index contributed by atoms with van der Waals surface area (Å²) in [5.74, 6) is -2.20. The topological polar surface area (TPSA) is 118 Å². The molecule has 0 fully saturated rings. The summed E-state index contributed by atoms with van der Waals surface area (Å²) < 4.78 is 6.87. The molecule has 0 bridgehead atoms. The van der Waals surface area contributed by atoms with Gasteiger partial charge in [-0.05, 0) is 24.3 Å². The number of halogens is 2. The fraction of sp³-hybridized carbons (Fsp3) is 0.105. The quantitative estimate of drug-likeness (QED) is 0.565. The average Bonchev–Trinajstić information content (AvgIpc) is 2.67. The number of fused-ring (bicyclic) bond motifs is 1. The molecule has 8 nitrogen and oxygen atoms in total. The van der Waals surface area contributed by atoms with Crippen LogP contribution in [0.15, 0.2) is 41.2 Å². The number of aliphatic carboxylic acids is 1. The zero-order chi connectivity index (χ0) is 21.3. The van der Waals surface area contributed by atoms with E-state index in [1.54, 1.807) is 12.1 Å². The monoisotopic (exact) mass is 436 g/mol. The minimum Gasteiger partial charge on any atom is -0.506 e. The Morgan fingerprint density at radius 1 is 1.17 bits per heavy atom. The molecule has 2 aromatic carbocycles. The van der Waals surface area contributed by atoms with E-state index in [9.17, 15) is 19.5 Å². The Balaban J connectivity index is 2.06. The Hall–Kier alpha value is -3.23. The van der Waals surface area contributed by atoms with Gasteiger partial charge in [-0.1, -0.05) is 23.2 Å². The van der Waals surface area contributed by atoms with Crippen LogP contribution in [0.25, 0.3) is 10.9 Å². The minimum absolute atomic E-state index is 0.206. The molecule has 29 heavy (non-hydrogen) atoms. The van der Waals surface area contributed by atoms with E-state index in [-0.39, 0.29) is 10.9 Å². The summed E-state index contributed by atoms with van der Waals surface area (Å²) in [7, 11) is 1.41. The maximum absolute atomic E-state index is 12.6. The maximum atomic E-state index is 12.6. The second-order valence-electron chi connectivity index (χ2n) is 6.02. The van der Waals surface area contributed by atoms with E-state index in [1.807, 2.05) is 0 Å². The fourth-order valence-corrected chi connectivity index (χ4v) is 3.02. The van der Waals surface area contributed by atoms with Gasteiger partial charge in [0.2, 0.25) is 0 Å². The zero-order valence-electron chi connectivity index (χ0n) is 14.9. The molecule has 3 N–H and O–H groups in total. The molecule has 0 atom stereocenters. The maximum Gasteiger partial charge on any atom is 0.322 e. The Bertz CT molecular complexity index is 1210. The van der Waals surface area contributed by atoms with E-state index >= 15 is 0 Å². The number of carbonyl (C=O) groups excluding carboxylic acids is 1. The van der Waals surface area contributed by atoms with Gasteiger partial charge in [0.15, 0.2) is 0 Å². The molecule has 0 saturated heterocycles. The fourth-order valence-electron chi connectivity index (χ4n) is 2.70. The number of carboxylic acids is 1. The number of hydrogen-bond donors (Lipinski definition) is 3. The van der Waals surface area contributed by atoms with Crippen LogP contribution in [0.2, 0.25) is 10.0 Å². The van der Waals surface area contributed by atoms with Crippen LogP contribution in [0, 0.1) is 0 Å². The third-order valence-electron chi connectivity index (χ3n) is 4.09. The lowest BCUT2D eigenvalue weighted by molar-refractivity contribution is -0.135. The number of nitrogens with one attached hydrogen (secondary N) is 1. The van der Waals surface area contributed by atoms with Crippen molar-refractivity contribution >= 4 is 46.0 Å². The van der Waals surface area contributed by atoms with Crippen molar-refractivity contribution in [2.24, 2.45) is 7.05 Å². The number of aromatic hydroxyl groups is 1. The van der Waals surface area contributed by atoms with E-state index in [0.717, 1.165) is 4.57 Å². The van der Waals surface area contributed by atoms with E-state index in [2.05, 4.69) is 5.32 Å². The summed E-state index contributed by atoms with van der Waals surface area (Å²) in [6.45, 7) is -0.688. The van der Waals surface area contributed by atoms with Gasteiger partial charge >= 0.3 is 5.97 Å². The highest BCUT2D eigenvalue weighted by Crippen LogP contribution is 2.34. The molecular formula is C19H14Cl2N2O6. The van der Waals surface area contributed by atoms with Crippen molar-refractivity contribution in [3.8, 4) is 17.2 Å². The smallest absolute Gasteiger partial charge is 0.322 e. The molecule has 10 heteroatoms. The lowest BCUT2D eigenvalue weighted by Gasteiger charge is -2.13. The first-order chi connectivity index (χ1) is 13.7. The first kappa shape index (κ1) is 20.5. The second-order valence-corrected chi connectivity index (χ2v) is 6.86. The van der Waals surface area contributed by atoms with E-state index in [1.165, 1.54) is 31.3 Å². The minimum atomic E-state index is -1.28. The number of nitrogens with zero attached hydrogens (tertiary/aromatic N) is 1. The SMILES string of the molecule is Cn1c(=O)c(C(=O)NCC(=O)O)c(O)c2ccc(Oc3cc(Cl)ccc3Cl)cc21. The first-order valence-electron chi connectivity index (χ1n) is 8.17. The van der Waals surface area contributed by atoms with E-state index < -0.39 is 35.3 Å². The van der Waals surface area contributed by atoms with Gasteiger partial charge in [-0.2, -0.15) is 0 Å². The second kappa shape index (κ2) is 8.02. The van der Waals surface area contributed by atoms with Crippen LogP contribution in [0.4, 0.5) is 0 Å². The van der Waals surface area contributed by atoms with Crippen LogP contribution in [-0.2, 0) is 11.8 Å². The standard InChI is InChI=1S/C19H14Cl2N2O6/c1-23-13-7-10(29-14-6-9(20)2-5-12(14)21)3-4-11(13)17(26)16(19(23)28)18(27)22-8-15(24)25/h2-7,26H,8H2,1H3,(H,22,27)(H,24,25). The van der Waals surface area contributed by atoms with Crippen molar-refractivity contribution < 1.29 is 24.5 Å². The molecule has 0 aliphatic carbocycles. The molecule has 1 amide bonds. The summed E-state index contributed by atoms with van der Waals surface area (Å²) >= 11 is 12.0. The van der Waals surface area contributed by atoms with Crippen molar-refractivity contribution in [3.05, 3.63) is 62.4 Å². The highest BCUT2D eigenvalue weighted by Gasteiger charge is 2.22. The molecule has 0 saturated carbocycles. The molecule has 3 rings (SSSR count). The van der Waals surface area contributed by atoms with Gasteiger partial charge in [-0.15, -0.1) is 0 Å². The Kier molecular flexibility index (Phi) is 5.67. The molecule has 0 aliphatic heterocycles. The van der Waals surface area contributed by atoms with Crippen molar-refractivity contribution in [2.45, 2.75) is 0 Å². The number of pyridine rings is 1. The van der Waals surface area contributed by atoms with Gasteiger partial charge in [-0.3, -0.25) is 14.4 Å². The Morgan fingerprint density at radius 2 is 1.90 bits per heavy atom. The first-order valence-corrected chi connectivity index (χ1v) is 8.93. The number of carbonyl (C=O) groups is 2. The summed E-state index contributed by atoms with van der Waals surface area (Å²) in [4.78, 5) is 35.4. The molecule has 150 valence electrons. The molecule has 3 aromatic rings. The number of hydrogen-bond acceptors (Lipinski definition) is 5. The number of carboxylic acid groups (broad SMARTS) is 1. The molecular weight excluding hydrogens is 423 g/mol. The van der Waals surface area contributed by atoms with Gasteiger partial charge in [0, 0.05) is 29.6 Å². The zero-order valence-corrected chi connectivity index (χ0v) is 16.4. The third-order valence-corrected chi connectivity index (χ3v) is 4.64. The van der Waals surface area contributed by atoms with Crippen LogP contribution < -0.4 is 15.6 Å². The lowest BCUT2D eigenvalue weighted by Crippen LogP contribution is -2.35. The number of amides is 1. The number of rotatable bonds is 5. The average molecular weight is 437 g/mol. The molecule has 0 aliphatic rings. The van der Waals surface area contributed by atoms with Crippen LogP contribution in [0.1, 0.15) is 10.4 Å². The van der Waals surface area contributed by atoms with Gasteiger partial charge in [-0.25, -0.2) is 0 Å². The predicted molar refractivity (Wildman–Crippen MR) is 107 cm³/mol. The van der Waals surface area contributed by atoms with Crippen molar-refractivity contribution in [2.75, 3.05) is 6.54 Å². The van der Waals surface area contributed by atoms with E-state index in [4.69, 9.17) is 33.0 Å². The summed E-state index contributed by atoms with van der Waals surface area (Å²) in [6.07, 6.45) is 0. The van der Waals surface area contributed by atoms with Gasteiger partial charge in [0.25, 0.3) is 11.5 Å². The normalized spacial score (nSPS) is 10.7. The molecule has 0 spiro atoms. The Labute approximate surface area is 173 Å². The largest absolute Gasteiger partial charge is 0.506 e. The van der Waals surface area contributed by atoms with Crippen LogP contribution in [0.5, 0.6) is 17.2 Å². The van der Waals surface area contributed by atoms with E-state index in [0.29, 0.717) is 21.5 Å². The van der Waals surface area contributed by atoms with Crippen LogP contribution >= 0.6 is 23.2 Å². The third kappa shape index (κ3) is 4.13. The van der Waals surface area contributed by atoms with Crippen LogP contribution in [-0.4, -0.2) is 33.2 Å². The summed E-state index contributed by atoms with van der Waals surface area (Å²) in [5.41, 5.74) is -1.05. The van der Waals surface area contributed by atoms with Crippen molar-refractivity contribution in [3.63, 3.8) is 0 Å². The summed E-state index contributed by atoms with van der Waals surface area (Å²) in [6, 6.07) is 9.18. The van der Waals surface area contributed by atoms with Crippen molar-refractivity contribution in [1.82, 2.24) is 9.88 Å². The van der Waals surface area contributed by atoms with Gasteiger partial charge < -0.3 is 24.8 Å². The number of aromatic nitrogens is 1. The molecule has 1 heterocycles. The van der Waals surface area contributed by atoms with Crippen molar-refractivity contribution in [1.29, 1.82) is 0 Å². The van der Waals surface area contributed by atoms with Crippen LogP contribution in [0.3, 0.4) is 0 Å². The van der Waals surface area contributed by atoms with Gasteiger partial charge in [0.1, 0.15) is 29.4 Å². The number of aryl methyl sites for hydroxylation is 1. The molecule has 0 unspecified atom stereocenters. The predicted octanol–water partition coefficient (Wildman–Crippen LogP) is 3.16. The summed E-state index contributed by atoms with van der Waals surface area (Å²) in [5, 5.41) is 22.1. The lowest BCUT2D eigenvalue weighted by atomic mass is 10.1. The highest BCUT2D eigenvalue weighted by atomic mass is 35.5. The number of ether oxygens (including phenoxy) is 1. The highest BCUT2D eigenvalue weighted by molar-refractivity contribution is 6.34. The molecule has 1 aromatic heterocycles.